The SMILES string of the molecule is CC1CN(C)C1.CCC(C)c1ncccc1-c1cnn2ccc(N3CCN(C(=O)OC(C)(C)C)CC3)nc12. The van der Waals surface area contributed by atoms with Crippen molar-refractivity contribution < 1.29 is 9.53 Å². The quantitative estimate of drug-likeness (QED) is 0.482. The molecule has 0 N–H and O–H groups in total. The van der Waals surface area contributed by atoms with E-state index < -0.39 is 5.60 Å². The van der Waals surface area contributed by atoms with Gasteiger partial charge in [0.1, 0.15) is 11.4 Å². The summed E-state index contributed by atoms with van der Waals surface area (Å²) in [6, 6.07) is 6.04. The summed E-state index contributed by atoms with van der Waals surface area (Å²) in [5.41, 5.74) is 3.47. The van der Waals surface area contributed by atoms with Gasteiger partial charge in [-0.1, -0.05) is 26.8 Å². The van der Waals surface area contributed by atoms with E-state index in [0.717, 1.165) is 40.6 Å². The Bertz CT molecular complexity index is 1220. The summed E-state index contributed by atoms with van der Waals surface area (Å²) in [6.45, 7) is 17.5. The molecule has 2 saturated heterocycles. The number of fused-ring (bicyclic) bond motifs is 1. The minimum absolute atomic E-state index is 0.257. The molecule has 3 aromatic rings. The van der Waals surface area contributed by atoms with Gasteiger partial charge in [-0.3, -0.25) is 4.98 Å². The van der Waals surface area contributed by atoms with Crippen LogP contribution in [-0.4, -0.2) is 87.4 Å². The third-order valence-corrected chi connectivity index (χ3v) is 7.06. The highest BCUT2D eigenvalue weighted by atomic mass is 16.6. The maximum absolute atomic E-state index is 12.4. The maximum Gasteiger partial charge on any atom is 0.410 e. The summed E-state index contributed by atoms with van der Waals surface area (Å²) in [6.07, 6.45) is 6.42. The van der Waals surface area contributed by atoms with E-state index in [-0.39, 0.29) is 6.09 Å². The van der Waals surface area contributed by atoms with Crippen molar-refractivity contribution in [2.45, 2.75) is 59.5 Å². The highest BCUT2D eigenvalue weighted by Gasteiger charge is 2.27. The number of pyridine rings is 1. The maximum atomic E-state index is 12.4. The Morgan fingerprint density at radius 2 is 1.84 bits per heavy atom. The van der Waals surface area contributed by atoms with Gasteiger partial charge in [-0.2, -0.15) is 5.10 Å². The number of rotatable bonds is 4. The summed E-state index contributed by atoms with van der Waals surface area (Å²) in [4.78, 5) is 28.3. The Balaban J connectivity index is 0.000000494. The molecule has 0 bridgehead atoms. The molecular weight excluding hydrogens is 478 g/mol. The average Bonchev–Trinajstić information content (AvgIpc) is 3.30. The van der Waals surface area contributed by atoms with Crippen molar-refractivity contribution in [3.05, 3.63) is 42.5 Å². The first-order valence-electron chi connectivity index (χ1n) is 13.8. The number of amides is 1. The number of aromatic nitrogens is 4. The monoisotopic (exact) mass is 521 g/mol. The number of likely N-dealkylation sites (tertiary alicyclic amines) is 1. The van der Waals surface area contributed by atoms with Crippen LogP contribution in [0.4, 0.5) is 10.6 Å². The summed E-state index contributed by atoms with van der Waals surface area (Å²) in [7, 11) is 2.15. The Labute approximate surface area is 226 Å². The van der Waals surface area contributed by atoms with Crippen molar-refractivity contribution >= 4 is 17.6 Å². The number of ether oxygens (including phenoxy) is 1. The molecule has 2 fully saturated rings. The van der Waals surface area contributed by atoms with Crippen molar-refractivity contribution in [1.29, 1.82) is 0 Å². The normalized spacial score (nSPS) is 17.6. The van der Waals surface area contributed by atoms with Crippen LogP contribution in [0, 0.1) is 5.92 Å². The smallest absolute Gasteiger partial charge is 0.410 e. The fourth-order valence-corrected chi connectivity index (χ4v) is 4.91. The van der Waals surface area contributed by atoms with Gasteiger partial charge < -0.3 is 19.4 Å². The molecule has 9 nitrogen and oxygen atoms in total. The molecule has 2 aliphatic heterocycles. The van der Waals surface area contributed by atoms with E-state index in [4.69, 9.17) is 9.72 Å². The second-order valence-corrected chi connectivity index (χ2v) is 11.6. The van der Waals surface area contributed by atoms with Crippen LogP contribution in [0.3, 0.4) is 0 Å². The fraction of sp³-hybridized carbons (Fsp3) is 0.586. The van der Waals surface area contributed by atoms with Crippen LogP contribution in [-0.2, 0) is 4.74 Å². The van der Waals surface area contributed by atoms with E-state index in [1.165, 1.54) is 13.1 Å². The molecule has 5 rings (SSSR count). The lowest BCUT2D eigenvalue weighted by Crippen LogP contribution is -2.50. The van der Waals surface area contributed by atoms with E-state index in [2.05, 4.69) is 53.8 Å². The Morgan fingerprint density at radius 1 is 1.13 bits per heavy atom. The van der Waals surface area contributed by atoms with Gasteiger partial charge in [-0.05, 0) is 58.2 Å². The molecule has 0 radical (unpaired) electrons. The van der Waals surface area contributed by atoms with Crippen LogP contribution in [0.2, 0.25) is 0 Å². The second kappa shape index (κ2) is 11.7. The van der Waals surface area contributed by atoms with Crippen molar-refractivity contribution in [1.82, 2.24) is 29.4 Å². The van der Waals surface area contributed by atoms with Gasteiger partial charge >= 0.3 is 6.09 Å². The zero-order chi connectivity index (χ0) is 27.4. The Kier molecular flexibility index (Phi) is 8.55. The molecule has 0 spiro atoms. The zero-order valence-electron chi connectivity index (χ0n) is 24.0. The number of carbonyl (C=O) groups is 1. The third kappa shape index (κ3) is 6.62. The summed E-state index contributed by atoms with van der Waals surface area (Å²) < 4.78 is 7.31. The molecule has 9 heteroatoms. The molecule has 0 aromatic carbocycles. The highest BCUT2D eigenvalue weighted by Crippen LogP contribution is 2.32. The molecule has 1 atom stereocenters. The van der Waals surface area contributed by atoms with Crippen LogP contribution in [0.15, 0.2) is 36.8 Å². The highest BCUT2D eigenvalue weighted by molar-refractivity contribution is 5.79. The van der Waals surface area contributed by atoms with Crippen molar-refractivity contribution in [3.8, 4) is 11.1 Å². The number of hydrogen-bond acceptors (Lipinski definition) is 7. The van der Waals surface area contributed by atoms with Gasteiger partial charge in [-0.15, -0.1) is 0 Å². The molecule has 206 valence electrons. The number of anilines is 1. The van der Waals surface area contributed by atoms with E-state index in [1.807, 2.05) is 56.0 Å². The van der Waals surface area contributed by atoms with Crippen LogP contribution in [0.5, 0.6) is 0 Å². The van der Waals surface area contributed by atoms with Gasteiger partial charge in [0.25, 0.3) is 0 Å². The molecule has 3 aromatic heterocycles. The van der Waals surface area contributed by atoms with Crippen molar-refractivity contribution in [3.63, 3.8) is 0 Å². The summed E-state index contributed by atoms with van der Waals surface area (Å²) in [5.74, 6) is 2.21. The van der Waals surface area contributed by atoms with Crippen LogP contribution < -0.4 is 4.90 Å². The average molecular weight is 522 g/mol. The van der Waals surface area contributed by atoms with E-state index in [9.17, 15) is 4.79 Å². The van der Waals surface area contributed by atoms with Gasteiger partial charge in [0.2, 0.25) is 0 Å². The Hall–Kier alpha value is -3.20. The zero-order valence-corrected chi connectivity index (χ0v) is 24.0. The minimum Gasteiger partial charge on any atom is -0.444 e. The molecule has 5 heterocycles. The predicted molar refractivity (Wildman–Crippen MR) is 152 cm³/mol. The second-order valence-electron chi connectivity index (χ2n) is 11.6. The first-order chi connectivity index (χ1) is 18.1. The van der Waals surface area contributed by atoms with Gasteiger partial charge in [0.15, 0.2) is 5.65 Å². The predicted octanol–water partition coefficient (Wildman–Crippen LogP) is 4.93. The fourth-order valence-electron chi connectivity index (χ4n) is 4.91. The van der Waals surface area contributed by atoms with Crippen LogP contribution in [0.1, 0.15) is 59.6 Å². The third-order valence-electron chi connectivity index (χ3n) is 7.06. The molecular formula is C29H43N7O2. The lowest BCUT2D eigenvalue weighted by Gasteiger charge is -2.36. The molecule has 0 saturated carbocycles. The van der Waals surface area contributed by atoms with Gasteiger partial charge in [0.05, 0.1) is 11.9 Å². The molecule has 1 amide bonds. The van der Waals surface area contributed by atoms with Gasteiger partial charge in [-0.25, -0.2) is 14.3 Å². The molecule has 38 heavy (non-hydrogen) atoms. The standard InChI is InChI=1S/C24H32N6O2.C5H11N/c1-6-17(2)21-18(8-7-10-25-21)19-16-26-30-11-9-20(27-22(19)30)28-12-14-29(15-13-28)23(31)32-24(3,4)5;1-5-3-6(2)4-5/h7-11,16-17H,6,12-15H2,1-5H3;5H,3-4H2,1-2H3. The van der Waals surface area contributed by atoms with Crippen LogP contribution >= 0.6 is 0 Å². The molecule has 0 aliphatic carbocycles. The van der Waals surface area contributed by atoms with Crippen LogP contribution in [0.25, 0.3) is 16.8 Å². The topological polar surface area (TPSA) is 79.1 Å². The Morgan fingerprint density at radius 3 is 2.42 bits per heavy atom. The number of nitrogens with zero attached hydrogens (tertiary/aromatic N) is 7. The van der Waals surface area contributed by atoms with E-state index in [0.29, 0.717) is 32.1 Å². The minimum atomic E-state index is -0.486. The first kappa shape index (κ1) is 27.8. The lowest BCUT2D eigenvalue weighted by molar-refractivity contribution is 0.0240. The number of carbonyl (C=O) groups excluding carboxylic acids is 1. The van der Waals surface area contributed by atoms with Crippen molar-refractivity contribution in [2.24, 2.45) is 5.92 Å². The first-order valence-corrected chi connectivity index (χ1v) is 13.8. The number of hydrogen-bond donors (Lipinski definition) is 0. The number of piperazine rings is 1. The van der Waals surface area contributed by atoms with Gasteiger partial charge in [0, 0.05) is 62.8 Å². The summed E-state index contributed by atoms with van der Waals surface area (Å²) in [5, 5.41) is 4.52. The van der Waals surface area contributed by atoms with Crippen molar-refractivity contribution in [2.75, 3.05) is 51.2 Å². The largest absolute Gasteiger partial charge is 0.444 e. The summed E-state index contributed by atoms with van der Waals surface area (Å²) >= 11 is 0. The van der Waals surface area contributed by atoms with E-state index in [1.54, 1.807) is 4.90 Å². The lowest BCUT2D eigenvalue weighted by atomic mass is 9.96. The molecule has 1 unspecified atom stereocenters. The molecule has 2 aliphatic rings. The van der Waals surface area contributed by atoms with E-state index >= 15 is 0 Å².